The van der Waals surface area contributed by atoms with Crippen molar-refractivity contribution in [2.45, 2.75) is 49.9 Å². The Morgan fingerprint density at radius 3 is 2.95 bits per heavy atom. The topological polar surface area (TPSA) is 96.5 Å². The number of thioether (sulfide) groups is 1. The maximum absolute atomic E-state index is 11.3. The van der Waals surface area contributed by atoms with Crippen LogP contribution >= 0.6 is 11.8 Å². The van der Waals surface area contributed by atoms with Crippen molar-refractivity contribution in [3.05, 3.63) is 0 Å². The molecule has 0 aromatic heterocycles. The highest BCUT2D eigenvalue weighted by atomic mass is 32.2. The van der Waals surface area contributed by atoms with E-state index in [1.807, 2.05) is 17.2 Å². The molecule has 0 aliphatic carbocycles. The van der Waals surface area contributed by atoms with E-state index in [-0.39, 0.29) is 24.5 Å². The first-order valence-electron chi connectivity index (χ1n) is 6.71. The Morgan fingerprint density at radius 2 is 2.20 bits per heavy atom. The maximum atomic E-state index is 11.3. The molecule has 0 unspecified atom stereocenters. The summed E-state index contributed by atoms with van der Waals surface area (Å²) in [6, 6.07) is 0.366. The summed E-state index contributed by atoms with van der Waals surface area (Å²) in [5.41, 5.74) is 2.01. The second-order valence-electron chi connectivity index (χ2n) is 5.00. The normalized spacial score (nSPS) is 27.4. The van der Waals surface area contributed by atoms with Crippen LogP contribution in [0.3, 0.4) is 0 Å². The van der Waals surface area contributed by atoms with Gasteiger partial charge in [0, 0.05) is 24.3 Å². The summed E-state index contributed by atoms with van der Waals surface area (Å²) < 4.78 is 0. The zero-order chi connectivity index (χ0) is 14.5. The number of fused-ring (bicyclic) bond motifs is 1. The number of hydrogen-bond donors (Lipinski definition) is 3. The maximum Gasteiger partial charge on any atom is 0.332 e. The second-order valence-corrected chi connectivity index (χ2v) is 6.27. The molecule has 2 fully saturated rings. The van der Waals surface area contributed by atoms with Crippen molar-refractivity contribution in [1.29, 1.82) is 0 Å². The number of hydroxylamine groups is 1. The van der Waals surface area contributed by atoms with Gasteiger partial charge in [0.2, 0.25) is 5.91 Å². The van der Waals surface area contributed by atoms with Gasteiger partial charge in [0.1, 0.15) is 0 Å². The molecule has 3 amide bonds. The Bertz CT molecular complexity index is 404. The van der Waals surface area contributed by atoms with E-state index in [9.17, 15) is 14.4 Å². The number of nitrogens with one attached hydrogen (secondary N) is 3. The Balaban J connectivity index is 1.58. The summed E-state index contributed by atoms with van der Waals surface area (Å²) in [6.45, 7) is 1.28. The van der Waals surface area contributed by atoms with Crippen LogP contribution in [0, 0.1) is 0 Å². The van der Waals surface area contributed by atoms with Gasteiger partial charge >= 0.3 is 12.0 Å². The van der Waals surface area contributed by atoms with E-state index in [0.29, 0.717) is 11.7 Å². The van der Waals surface area contributed by atoms with Gasteiger partial charge in [0.05, 0.1) is 12.1 Å². The summed E-state index contributed by atoms with van der Waals surface area (Å²) in [5, 5.41) is 6.24. The smallest absolute Gasteiger partial charge is 0.332 e. The van der Waals surface area contributed by atoms with Gasteiger partial charge < -0.3 is 15.5 Å². The third-order valence-electron chi connectivity index (χ3n) is 3.37. The van der Waals surface area contributed by atoms with E-state index < -0.39 is 11.9 Å². The average Bonchev–Trinajstić information content (AvgIpc) is 2.92. The van der Waals surface area contributed by atoms with Gasteiger partial charge in [-0.05, 0) is 12.8 Å². The first kappa shape index (κ1) is 15.0. The first-order valence-corrected chi connectivity index (χ1v) is 7.76. The second kappa shape index (κ2) is 6.83. The van der Waals surface area contributed by atoms with Crippen LogP contribution in [0.15, 0.2) is 0 Å². The molecule has 7 nitrogen and oxygen atoms in total. The van der Waals surface area contributed by atoms with Gasteiger partial charge in [-0.1, -0.05) is 6.42 Å². The van der Waals surface area contributed by atoms with Gasteiger partial charge in [-0.2, -0.15) is 17.2 Å². The molecule has 0 bridgehead atoms. The van der Waals surface area contributed by atoms with Crippen LogP contribution in [0.1, 0.15) is 32.6 Å². The van der Waals surface area contributed by atoms with Crippen LogP contribution < -0.4 is 16.1 Å². The van der Waals surface area contributed by atoms with Crippen molar-refractivity contribution in [2.24, 2.45) is 0 Å². The number of unbranched alkanes of at least 4 members (excludes halogenated alkanes) is 1. The highest BCUT2D eigenvalue weighted by molar-refractivity contribution is 8.00. The zero-order valence-electron chi connectivity index (χ0n) is 11.3. The molecule has 0 aromatic carbocycles. The quantitative estimate of drug-likeness (QED) is 0.386. The molecule has 3 N–H and O–H groups in total. The van der Waals surface area contributed by atoms with E-state index in [4.69, 9.17) is 0 Å². The lowest BCUT2D eigenvalue weighted by atomic mass is 10.0. The highest BCUT2D eigenvalue weighted by Gasteiger charge is 2.42. The third-order valence-corrected chi connectivity index (χ3v) is 4.87. The lowest BCUT2D eigenvalue weighted by Gasteiger charge is -2.16. The van der Waals surface area contributed by atoms with Crippen molar-refractivity contribution in [1.82, 2.24) is 16.1 Å². The zero-order valence-corrected chi connectivity index (χ0v) is 12.1. The minimum Gasteiger partial charge on any atom is -0.341 e. The van der Waals surface area contributed by atoms with Gasteiger partial charge in [-0.15, -0.1) is 0 Å². The summed E-state index contributed by atoms with van der Waals surface area (Å²) in [6.07, 6.45) is 2.86. The molecule has 2 heterocycles. The number of carbonyl (C=O) groups excluding carboxylic acids is 3. The van der Waals surface area contributed by atoms with E-state index in [2.05, 4.69) is 15.5 Å². The predicted molar refractivity (Wildman–Crippen MR) is 73.9 cm³/mol. The minimum absolute atomic E-state index is 0.0795. The Morgan fingerprint density at radius 1 is 1.40 bits per heavy atom. The van der Waals surface area contributed by atoms with Crippen molar-refractivity contribution < 1.29 is 19.2 Å². The molecule has 8 heteroatoms. The van der Waals surface area contributed by atoms with E-state index >= 15 is 0 Å². The van der Waals surface area contributed by atoms with Crippen molar-refractivity contribution in [3.8, 4) is 0 Å². The van der Waals surface area contributed by atoms with Crippen molar-refractivity contribution >= 4 is 29.7 Å². The number of amides is 3. The van der Waals surface area contributed by atoms with Crippen molar-refractivity contribution in [3.63, 3.8) is 0 Å². The lowest BCUT2D eigenvalue weighted by molar-refractivity contribution is -0.157. The van der Waals surface area contributed by atoms with Crippen LogP contribution in [-0.4, -0.2) is 41.0 Å². The standard InChI is InChI=1S/C12H19N3O4S/c1-7(16)15-19-10(17)5-3-2-4-9-11-8(6-20-9)13-12(18)14-11/h8-9,11H,2-6H2,1H3,(H,15,16)(H2,13,14,18)/t8-,9-,11-/m0/s1. The minimum atomic E-state index is -0.423. The summed E-state index contributed by atoms with van der Waals surface area (Å²) in [5.74, 6) is 0.128. The molecule has 2 saturated heterocycles. The van der Waals surface area contributed by atoms with Crippen LogP contribution in [0.2, 0.25) is 0 Å². The van der Waals surface area contributed by atoms with Gasteiger partial charge in [-0.3, -0.25) is 4.79 Å². The monoisotopic (exact) mass is 301 g/mol. The average molecular weight is 301 g/mol. The molecular formula is C12H19N3O4S. The molecule has 2 aliphatic heterocycles. The van der Waals surface area contributed by atoms with Gasteiger partial charge in [-0.25, -0.2) is 9.59 Å². The molecule has 3 atom stereocenters. The summed E-state index contributed by atoms with van der Waals surface area (Å²) in [4.78, 5) is 37.6. The van der Waals surface area contributed by atoms with Gasteiger partial charge in [0.15, 0.2) is 0 Å². The summed E-state index contributed by atoms with van der Waals surface area (Å²) >= 11 is 1.86. The summed E-state index contributed by atoms with van der Waals surface area (Å²) in [7, 11) is 0. The Kier molecular flexibility index (Phi) is 5.11. The fourth-order valence-corrected chi connectivity index (χ4v) is 3.98. The molecule has 20 heavy (non-hydrogen) atoms. The Hall–Kier alpha value is -1.44. The third kappa shape index (κ3) is 4.03. The van der Waals surface area contributed by atoms with Crippen LogP contribution in [0.25, 0.3) is 0 Å². The highest BCUT2D eigenvalue weighted by Crippen LogP contribution is 2.33. The molecule has 0 radical (unpaired) electrons. The fraction of sp³-hybridized carbons (Fsp3) is 0.750. The van der Waals surface area contributed by atoms with Crippen LogP contribution in [0.4, 0.5) is 4.79 Å². The van der Waals surface area contributed by atoms with Crippen LogP contribution in [-0.2, 0) is 14.4 Å². The van der Waals surface area contributed by atoms with Crippen molar-refractivity contribution in [2.75, 3.05) is 5.75 Å². The lowest BCUT2D eigenvalue weighted by Crippen LogP contribution is -2.36. The molecule has 112 valence electrons. The molecule has 0 spiro atoms. The number of rotatable bonds is 5. The van der Waals surface area contributed by atoms with E-state index in [0.717, 1.165) is 18.6 Å². The van der Waals surface area contributed by atoms with E-state index in [1.165, 1.54) is 6.92 Å². The number of carbonyl (C=O) groups is 3. The first-order chi connectivity index (χ1) is 9.56. The van der Waals surface area contributed by atoms with Gasteiger partial charge in [0.25, 0.3) is 0 Å². The largest absolute Gasteiger partial charge is 0.341 e. The SMILES string of the molecule is CC(=O)NOC(=O)CCCC[C@@H]1SC[C@@H]2NC(=O)N[C@@H]21. The fourth-order valence-electron chi connectivity index (χ4n) is 2.44. The molecular weight excluding hydrogens is 282 g/mol. The molecule has 2 aliphatic rings. The molecule has 0 aromatic rings. The van der Waals surface area contributed by atoms with E-state index in [1.54, 1.807) is 0 Å². The molecule has 0 saturated carbocycles. The predicted octanol–water partition coefficient (Wildman–Crippen LogP) is 0.307. The number of urea groups is 1. The molecule has 2 rings (SSSR count). The number of hydrogen-bond acceptors (Lipinski definition) is 5. The Labute approximate surface area is 121 Å². The van der Waals surface area contributed by atoms with Crippen LogP contribution in [0.5, 0.6) is 0 Å².